The molecule has 2 aromatic rings. The molecule has 0 amide bonds. The van der Waals surface area contributed by atoms with Crippen molar-refractivity contribution in [2.75, 3.05) is 0 Å². The highest BCUT2D eigenvalue weighted by molar-refractivity contribution is 5.85. The first-order valence-electron chi connectivity index (χ1n) is 15.5. The van der Waals surface area contributed by atoms with Gasteiger partial charge in [0, 0.05) is 34.0 Å². The monoisotopic (exact) mass is 552 g/mol. The van der Waals surface area contributed by atoms with Crippen molar-refractivity contribution in [3.05, 3.63) is 83.4 Å². The van der Waals surface area contributed by atoms with E-state index in [9.17, 15) is 14.4 Å². The number of ketones is 3. The maximum Gasteiger partial charge on any atom is 0.139 e. The Balaban J connectivity index is -0.000000799. The molecule has 2 aromatic carbocycles. The van der Waals surface area contributed by atoms with Gasteiger partial charge in [0.2, 0.25) is 0 Å². The molecule has 0 saturated carbocycles. The summed E-state index contributed by atoms with van der Waals surface area (Å²) in [4.78, 5) is 35.7. The van der Waals surface area contributed by atoms with E-state index in [0.29, 0.717) is 37.2 Å². The lowest BCUT2D eigenvalue weighted by Gasteiger charge is -2.31. The van der Waals surface area contributed by atoms with Crippen LogP contribution in [0, 0.1) is 5.41 Å². The van der Waals surface area contributed by atoms with E-state index in [2.05, 4.69) is 63.7 Å². The van der Waals surface area contributed by atoms with Gasteiger partial charge >= 0.3 is 0 Å². The van der Waals surface area contributed by atoms with Crippen LogP contribution in [-0.4, -0.2) is 17.3 Å². The fraction of sp³-hybridized carbons (Fsp3) is 0.541. The first kappa shape index (κ1) is 37.2. The van der Waals surface area contributed by atoms with Crippen LogP contribution in [0.2, 0.25) is 0 Å². The zero-order chi connectivity index (χ0) is 30.4. The first-order valence-corrected chi connectivity index (χ1v) is 15.5. The van der Waals surface area contributed by atoms with Crippen molar-refractivity contribution in [3.63, 3.8) is 0 Å². The van der Waals surface area contributed by atoms with Gasteiger partial charge in [-0.05, 0) is 74.1 Å². The second-order valence-electron chi connectivity index (χ2n) is 10.4. The second kappa shape index (κ2) is 21.9. The third-order valence-electron chi connectivity index (χ3n) is 7.37. The quantitative estimate of drug-likeness (QED) is 0.183. The summed E-state index contributed by atoms with van der Waals surface area (Å²) in [6, 6.07) is 16.6. The Morgan fingerprint density at radius 1 is 0.825 bits per heavy atom. The molecule has 0 fully saturated rings. The van der Waals surface area contributed by atoms with Gasteiger partial charge in [-0.1, -0.05) is 103 Å². The molecule has 0 aromatic heterocycles. The van der Waals surface area contributed by atoms with Crippen LogP contribution in [-0.2, 0) is 40.1 Å². The fourth-order valence-electron chi connectivity index (χ4n) is 5.12. The molecule has 3 nitrogen and oxygen atoms in total. The van der Waals surface area contributed by atoms with E-state index in [1.54, 1.807) is 6.92 Å². The minimum absolute atomic E-state index is 0. The molecule has 0 bridgehead atoms. The molecule has 0 aliphatic rings. The van der Waals surface area contributed by atoms with Gasteiger partial charge in [-0.3, -0.25) is 14.4 Å². The summed E-state index contributed by atoms with van der Waals surface area (Å²) in [6.07, 6.45) is 11.2. The smallest absolute Gasteiger partial charge is 0.139 e. The number of Topliss-reactive ketones (excluding diaryl/α,β-unsaturated/α-hetero) is 3. The topological polar surface area (TPSA) is 51.2 Å². The average Bonchev–Trinajstić information content (AvgIpc) is 2.97. The molecule has 1 atom stereocenters. The van der Waals surface area contributed by atoms with Gasteiger partial charge in [-0.15, -0.1) is 6.58 Å². The third kappa shape index (κ3) is 14.0. The minimum atomic E-state index is -0.342. The summed E-state index contributed by atoms with van der Waals surface area (Å²) >= 11 is 0. The zero-order valence-corrected chi connectivity index (χ0v) is 26.6. The summed E-state index contributed by atoms with van der Waals surface area (Å²) in [5.41, 5.74) is 4.71. The second-order valence-corrected chi connectivity index (χ2v) is 10.4. The Morgan fingerprint density at radius 2 is 1.43 bits per heavy atom. The van der Waals surface area contributed by atoms with E-state index < -0.39 is 0 Å². The molecular formula is C37H60O3. The number of allylic oxidation sites excluding steroid dienone is 1. The summed E-state index contributed by atoms with van der Waals surface area (Å²) < 4.78 is 0. The van der Waals surface area contributed by atoms with Crippen LogP contribution in [0.4, 0.5) is 0 Å². The van der Waals surface area contributed by atoms with E-state index in [-0.39, 0.29) is 14.1 Å². The molecule has 2 rings (SSSR count). The summed E-state index contributed by atoms with van der Waals surface area (Å²) in [6.45, 7) is 17.8. The van der Waals surface area contributed by atoms with Crippen LogP contribution in [0.15, 0.2) is 61.2 Å². The average molecular weight is 553 g/mol. The Kier molecular flexibility index (Phi) is 20.4. The Labute approximate surface area is 248 Å². The number of aryl methyl sites for hydroxylation is 3. The molecule has 0 heterocycles. The van der Waals surface area contributed by atoms with Crippen LogP contribution in [0.25, 0.3) is 0 Å². The van der Waals surface area contributed by atoms with E-state index in [0.717, 1.165) is 56.9 Å². The van der Waals surface area contributed by atoms with Crippen LogP contribution >= 0.6 is 0 Å². The third-order valence-corrected chi connectivity index (χ3v) is 7.37. The number of hydrogen-bond acceptors (Lipinski definition) is 3. The summed E-state index contributed by atoms with van der Waals surface area (Å²) in [7, 11) is 0. The number of benzene rings is 2. The van der Waals surface area contributed by atoms with Crippen molar-refractivity contribution >= 4 is 17.3 Å². The number of hydrogen-bond donors (Lipinski definition) is 0. The van der Waals surface area contributed by atoms with Gasteiger partial charge in [0.25, 0.3) is 0 Å². The normalized spacial score (nSPS) is 11.7. The predicted molar refractivity (Wildman–Crippen MR) is 176 cm³/mol. The lowest BCUT2D eigenvalue weighted by Crippen LogP contribution is -2.31. The highest BCUT2D eigenvalue weighted by Crippen LogP contribution is 2.37. The molecule has 1 unspecified atom stereocenters. The largest absolute Gasteiger partial charge is 0.300 e. The molecule has 0 radical (unpaired) electrons. The van der Waals surface area contributed by atoms with Gasteiger partial charge in [0.05, 0.1) is 0 Å². The Bertz CT molecular complexity index is 1010. The van der Waals surface area contributed by atoms with E-state index in [4.69, 9.17) is 0 Å². The van der Waals surface area contributed by atoms with Crippen LogP contribution < -0.4 is 0 Å². The highest BCUT2D eigenvalue weighted by atomic mass is 16.1. The fourth-order valence-corrected chi connectivity index (χ4v) is 5.12. The lowest BCUT2D eigenvalue weighted by molar-refractivity contribution is -0.130. The number of rotatable bonds is 17. The first-order chi connectivity index (χ1) is 19.2. The number of carbonyl (C=O) groups excluding carboxylic acids is 3. The molecule has 40 heavy (non-hydrogen) atoms. The maximum absolute atomic E-state index is 13.2. The molecule has 0 aliphatic heterocycles. The Morgan fingerprint density at radius 3 is 1.93 bits per heavy atom. The van der Waals surface area contributed by atoms with Gasteiger partial charge in [-0.2, -0.15) is 0 Å². The van der Waals surface area contributed by atoms with Gasteiger partial charge in [0.15, 0.2) is 0 Å². The standard InChI is InChI=1S/C24H36O2.C11H14O.C2H6.2H2/c1-5-17-24(18-6-2,19-11-14-22(25)8-4)23(26)16-15-21-13-10-9-12-20(21)7-3;1-3-10-4-6-11(7-5-10)8-9(2)12;1-2;;/h5,9-10,12-13H,1,6-8,11,14-19H2,2-4H3;4-7H,3,8H2,1-2H3;1-2H3;2*1H. The molecule has 0 saturated heterocycles. The molecule has 3 heteroatoms. The van der Waals surface area contributed by atoms with Crippen molar-refractivity contribution in [3.8, 4) is 0 Å². The lowest BCUT2D eigenvalue weighted by atomic mass is 9.71. The zero-order valence-electron chi connectivity index (χ0n) is 26.6. The van der Waals surface area contributed by atoms with Crippen molar-refractivity contribution < 1.29 is 17.2 Å². The van der Waals surface area contributed by atoms with E-state index in [1.165, 1.54) is 16.7 Å². The SMILES string of the molecule is C=CCC(CCC)(CCCC(=O)CC)C(=O)CCc1ccccc1CC.CC.CCc1ccc(CC(C)=O)cc1.[HH].[HH]. The predicted octanol–water partition coefficient (Wildman–Crippen LogP) is 10.2. The molecule has 0 N–H and O–H groups in total. The van der Waals surface area contributed by atoms with Crippen LogP contribution in [0.1, 0.15) is 125 Å². The van der Waals surface area contributed by atoms with Crippen molar-refractivity contribution in [1.82, 2.24) is 0 Å². The van der Waals surface area contributed by atoms with Crippen LogP contribution in [0.5, 0.6) is 0 Å². The van der Waals surface area contributed by atoms with Crippen molar-refractivity contribution in [1.29, 1.82) is 0 Å². The van der Waals surface area contributed by atoms with Gasteiger partial charge in [0.1, 0.15) is 17.3 Å². The van der Waals surface area contributed by atoms with Crippen molar-refractivity contribution in [2.45, 2.75) is 126 Å². The molecule has 0 aliphatic carbocycles. The summed E-state index contributed by atoms with van der Waals surface area (Å²) in [5, 5.41) is 0. The molecule has 226 valence electrons. The summed E-state index contributed by atoms with van der Waals surface area (Å²) in [5.74, 6) is 0.853. The molecule has 0 spiro atoms. The van der Waals surface area contributed by atoms with Gasteiger partial charge in [-0.25, -0.2) is 0 Å². The highest BCUT2D eigenvalue weighted by Gasteiger charge is 2.35. The van der Waals surface area contributed by atoms with E-state index in [1.807, 2.05) is 39.0 Å². The molecular weight excluding hydrogens is 492 g/mol. The van der Waals surface area contributed by atoms with Crippen molar-refractivity contribution in [2.24, 2.45) is 5.41 Å². The number of carbonyl (C=O) groups is 3. The van der Waals surface area contributed by atoms with Gasteiger partial charge < -0.3 is 0 Å². The van der Waals surface area contributed by atoms with Crippen LogP contribution in [0.3, 0.4) is 0 Å². The Hall–Kier alpha value is -2.81. The minimum Gasteiger partial charge on any atom is -0.300 e. The van der Waals surface area contributed by atoms with E-state index >= 15 is 0 Å². The maximum atomic E-state index is 13.2.